The summed E-state index contributed by atoms with van der Waals surface area (Å²) in [4.78, 5) is 12.6. The van der Waals surface area contributed by atoms with Crippen LogP contribution in [0.5, 0.6) is 0 Å². The zero-order valence-electron chi connectivity index (χ0n) is 11.6. The molecule has 0 bridgehead atoms. The number of carbonyl (C=O) groups is 1. The number of hydrogen-bond acceptors (Lipinski definition) is 2. The quantitative estimate of drug-likeness (QED) is 0.829. The van der Waals surface area contributed by atoms with Gasteiger partial charge in [0, 0.05) is 11.0 Å². The number of nitrogens with one attached hydrogen (secondary N) is 1. The van der Waals surface area contributed by atoms with Gasteiger partial charge in [0.1, 0.15) is 0 Å². The van der Waals surface area contributed by atoms with E-state index in [4.69, 9.17) is 0 Å². The molecule has 1 atom stereocenters. The van der Waals surface area contributed by atoms with Crippen LogP contribution in [0.1, 0.15) is 42.6 Å². The number of rotatable bonds is 3. The Morgan fingerprint density at radius 2 is 1.94 bits per heavy atom. The fourth-order valence-corrected chi connectivity index (χ4v) is 2.73. The van der Waals surface area contributed by atoms with Crippen LogP contribution < -0.4 is 5.32 Å². The van der Waals surface area contributed by atoms with E-state index in [1.807, 2.05) is 31.2 Å². The van der Waals surface area contributed by atoms with Crippen LogP contribution in [-0.4, -0.2) is 18.9 Å². The smallest absolute Gasteiger partial charge is 0.168 e. The number of aryl methyl sites for hydroxylation is 1. The van der Waals surface area contributed by atoms with Crippen LogP contribution in [0.4, 0.5) is 0 Å². The third-order valence-corrected chi connectivity index (χ3v) is 4.22. The van der Waals surface area contributed by atoms with Crippen LogP contribution >= 0.6 is 0 Å². The van der Waals surface area contributed by atoms with Crippen LogP contribution in [-0.2, 0) is 0 Å². The van der Waals surface area contributed by atoms with Crippen LogP contribution in [0.25, 0.3) is 0 Å². The summed E-state index contributed by atoms with van der Waals surface area (Å²) in [6.07, 6.45) is 2.33. The summed E-state index contributed by atoms with van der Waals surface area (Å²) in [5, 5.41) is 3.40. The minimum absolute atomic E-state index is 0.274. The molecule has 2 rings (SSSR count). The average molecular weight is 245 g/mol. The summed E-state index contributed by atoms with van der Waals surface area (Å²) >= 11 is 0. The van der Waals surface area contributed by atoms with Gasteiger partial charge in [-0.3, -0.25) is 4.79 Å². The van der Waals surface area contributed by atoms with Gasteiger partial charge in [0.15, 0.2) is 5.78 Å². The molecular formula is C16H23NO. The molecule has 0 aliphatic carbocycles. The second kappa shape index (κ2) is 5.23. The first-order valence-electron chi connectivity index (χ1n) is 6.84. The molecule has 1 aromatic carbocycles. The minimum atomic E-state index is -0.275. The largest absolute Gasteiger partial charge is 0.316 e. The number of Topliss-reactive ketones (excluding diaryl/α,β-unsaturated/α-hetero) is 1. The molecule has 2 nitrogen and oxygen atoms in total. The molecule has 18 heavy (non-hydrogen) atoms. The summed E-state index contributed by atoms with van der Waals surface area (Å²) in [7, 11) is 0. The third-order valence-electron chi connectivity index (χ3n) is 4.22. The molecule has 98 valence electrons. The first-order valence-corrected chi connectivity index (χ1v) is 6.84. The number of carbonyl (C=O) groups excluding carboxylic acids is 1. The topological polar surface area (TPSA) is 29.1 Å². The molecule has 0 amide bonds. The highest BCUT2D eigenvalue weighted by Crippen LogP contribution is 2.35. The standard InChI is InChI=1S/C16H23NO/c1-12-6-8-13(9-7-12)15(18)16(2,3)14-5-4-10-17-11-14/h6-9,14,17H,4-5,10-11H2,1-3H3. The summed E-state index contributed by atoms with van der Waals surface area (Å²) in [5.41, 5.74) is 1.77. The highest BCUT2D eigenvalue weighted by Gasteiger charge is 2.37. The zero-order valence-corrected chi connectivity index (χ0v) is 11.6. The maximum atomic E-state index is 12.6. The second-order valence-electron chi connectivity index (χ2n) is 5.96. The van der Waals surface area contributed by atoms with Crippen molar-refractivity contribution in [3.8, 4) is 0 Å². The van der Waals surface area contributed by atoms with E-state index in [9.17, 15) is 4.79 Å². The molecular weight excluding hydrogens is 222 g/mol. The van der Waals surface area contributed by atoms with Gasteiger partial charge in [-0.05, 0) is 38.8 Å². The van der Waals surface area contributed by atoms with Crippen molar-refractivity contribution in [2.45, 2.75) is 33.6 Å². The van der Waals surface area contributed by atoms with E-state index in [0.29, 0.717) is 5.92 Å². The normalized spacial score (nSPS) is 20.7. The number of hydrogen-bond donors (Lipinski definition) is 1. The Hall–Kier alpha value is -1.15. The van der Waals surface area contributed by atoms with E-state index in [-0.39, 0.29) is 11.2 Å². The molecule has 1 unspecified atom stereocenters. The van der Waals surface area contributed by atoms with Crippen molar-refractivity contribution < 1.29 is 4.79 Å². The Morgan fingerprint density at radius 3 is 2.50 bits per heavy atom. The molecule has 0 radical (unpaired) electrons. The first-order chi connectivity index (χ1) is 8.51. The van der Waals surface area contributed by atoms with Gasteiger partial charge in [-0.15, -0.1) is 0 Å². The SMILES string of the molecule is Cc1ccc(C(=O)C(C)(C)C2CCCNC2)cc1. The molecule has 1 saturated heterocycles. The minimum Gasteiger partial charge on any atom is -0.316 e. The summed E-state index contributed by atoms with van der Waals surface area (Å²) in [6.45, 7) is 8.28. The lowest BCUT2D eigenvalue weighted by Gasteiger charge is -2.36. The van der Waals surface area contributed by atoms with Gasteiger partial charge < -0.3 is 5.32 Å². The van der Waals surface area contributed by atoms with Crippen molar-refractivity contribution in [2.24, 2.45) is 11.3 Å². The number of piperidine rings is 1. The predicted octanol–water partition coefficient (Wildman–Crippen LogP) is 3.20. The second-order valence-corrected chi connectivity index (χ2v) is 5.96. The van der Waals surface area contributed by atoms with E-state index in [1.54, 1.807) is 0 Å². The summed E-state index contributed by atoms with van der Waals surface area (Å²) < 4.78 is 0. The van der Waals surface area contributed by atoms with Gasteiger partial charge in [0.25, 0.3) is 0 Å². The Labute approximate surface area is 110 Å². The lowest BCUT2D eigenvalue weighted by Crippen LogP contribution is -2.42. The average Bonchev–Trinajstić information content (AvgIpc) is 2.40. The van der Waals surface area contributed by atoms with Crippen molar-refractivity contribution in [3.05, 3.63) is 35.4 Å². The molecule has 2 heteroatoms. The van der Waals surface area contributed by atoms with Crippen molar-refractivity contribution in [1.29, 1.82) is 0 Å². The molecule has 0 saturated carbocycles. The Morgan fingerprint density at radius 1 is 1.28 bits per heavy atom. The fraction of sp³-hybridized carbons (Fsp3) is 0.562. The maximum absolute atomic E-state index is 12.6. The number of ketones is 1. The lowest BCUT2D eigenvalue weighted by molar-refractivity contribution is 0.0708. The number of benzene rings is 1. The molecule has 1 heterocycles. The molecule has 1 aliphatic heterocycles. The van der Waals surface area contributed by atoms with Gasteiger partial charge in [-0.25, -0.2) is 0 Å². The van der Waals surface area contributed by atoms with Gasteiger partial charge in [-0.1, -0.05) is 43.7 Å². The maximum Gasteiger partial charge on any atom is 0.168 e. The van der Waals surface area contributed by atoms with E-state index in [0.717, 1.165) is 25.1 Å². The Kier molecular flexibility index (Phi) is 3.86. The van der Waals surface area contributed by atoms with Crippen LogP contribution in [0, 0.1) is 18.3 Å². The molecule has 0 spiro atoms. The van der Waals surface area contributed by atoms with Crippen LogP contribution in [0.15, 0.2) is 24.3 Å². The molecule has 0 aromatic heterocycles. The van der Waals surface area contributed by atoms with E-state index < -0.39 is 0 Å². The predicted molar refractivity (Wildman–Crippen MR) is 74.9 cm³/mol. The Balaban J connectivity index is 2.17. The van der Waals surface area contributed by atoms with Gasteiger partial charge >= 0.3 is 0 Å². The van der Waals surface area contributed by atoms with Gasteiger partial charge in [-0.2, -0.15) is 0 Å². The van der Waals surface area contributed by atoms with Gasteiger partial charge in [0.05, 0.1) is 0 Å². The van der Waals surface area contributed by atoms with Crippen LogP contribution in [0.2, 0.25) is 0 Å². The van der Waals surface area contributed by atoms with Crippen LogP contribution in [0.3, 0.4) is 0 Å². The summed E-state index contributed by atoms with van der Waals surface area (Å²) in [5.74, 6) is 0.719. The summed E-state index contributed by atoms with van der Waals surface area (Å²) in [6, 6.07) is 7.94. The van der Waals surface area contributed by atoms with E-state index >= 15 is 0 Å². The highest BCUT2D eigenvalue weighted by atomic mass is 16.1. The van der Waals surface area contributed by atoms with Crippen molar-refractivity contribution in [2.75, 3.05) is 13.1 Å². The van der Waals surface area contributed by atoms with Crippen molar-refractivity contribution >= 4 is 5.78 Å². The molecule has 1 aromatic rings. The van der Waals surface area contributed by atoms with Crippen molar-refractivity contribution in [1.82, 2.24) is 5.32 Å². The van der Waals surface area contributed by atoms with E-state index in [2.05, 4.69) is 19.2 Å². The van der Waals surface area contributed by atoms with Gasteiger partial charge in [0.2, 0.25) is 0 Å². The lowest BCUT2D eigenvalue weighted by atomic mass is 9.70. The van der Waals surface area contributed by atoms with Crippen molar-refractivity contribution in [3.63, 3.8) is 0 Å². The fourth-order valence-electron chi connectivity index (χ4n) is 2.73. The monoisotopic (exact) mass is 245 g/mol. The Bertz CT molecular complexity index is 413. The zero-order chi connectivity index (χ0) is 13.2. The molecule has 1 N–H and O–H groups in total. The molecule has 1 aliphatic rings. The third kappa shape index (κ3) is 2.64. The first kappa shape index (κ1) is 13.3. The molecule has 1 fully saturated rings. The van der Waals surface area contributed by atoms with E-state index in [1.165, 1.54) is 12.0 Å². The highest BCUT2D eigenvalue weighted by molar-refractivity contribution is 6.00.